The zero-order valence-corrected chi connectivity index (χ0v) is 9.56. The average Bonchev–Trinajstić information content (AvgIpc) is 2.13. The monoisotopic (exact) mass is 204 g/mol. The van der Waals surface area contributed by atoms with Gasteiger partial charge in [-0.3, -0.25) is 4.79 Å². The van der Waals surface area contributed by atoms with E-state index in [1.165, 1.54) is 0 Å². The Morgan fingerprint density at radius 1 is 1.62 bits per heavy atom. The number of amides is 1. The third-order valence-corrected chi connectivity index (χ3v) is 2.85. The van der Waals surface area contributed by atoms with Gasteiger partial charge in [0.25, 0.3) is 0 Å². The number of hydrogen-bond donors (Lipinski definition) is 1. The second-order valence-electron chi connectivity index (χ2n) is 3.06. The van der Waals surface area contributed by atoms with Gasteiger partial charge in [-0.25, -0.2) is 0 Å². The summed E-state index contributed by atoms with van der Waals surface area (Å²) in [5, 5.41) is 0. The summed E-state index contributed by atoms with van der Waals surface area (Å²) in [4.78, 5) is 13.3. The molecule has 0 aliphatic heterocycles. The van der Waals surface area contributed by atoms with Gasteiger partial charge in [0.2, 0.25) is 5.91 Å². The first-order valence-electron chi connectivity index (χ1n) is 4.62. The van der Waals surface area contributed by atoms with Gasteiger partial charge in [-0.1, -0.05) is 6.92 Å². The summed E-state index contributed by atoms with van der Waals surface area (Å²) in [5.41, 5.74) is 5.33. The van der Waals surface area contributed by atoms with E-state index in [9.17, 15) is 4.79 Å². The number of nitrogens with two attached hydrogens (primary N) is 1. The molecule has 0 bridgehead atoms. The Balaban J connectivity index is 4.02. The molecule has 0 aromatic heterocycles. The van der Waals surface area contributed by atoms with Crippen molar-refractivity contribution in [2.75, 3.05) is 25.6 Å². The van der Waals surface area contributed by atoms with Crippen molar-refractivity contribution in [3.05, 3.63) is 0 Å². The molecule has 1 unspecified atom stereocenters. The minimum Gasteiger partial charge on any atom is -0.342 e. The zero-order chi connectivity index (χ0) is 10.3. The Bertz CT molecular complexity index is 153. The third-order valence-electron chi connectivity index (χ3n) is 2.13. The van der Waals surface area contributed by atoms with Crippen LogP contribution < -0.4 is 5.73 Å². The summed E-state index contributed by atoms with van der Waals surface area (Å²) in [6.07, 6.45) is 3.53. The normalized spacial score (nSPS) is 12.6. The minimum absolute atomic E-state index is 0.156. The zero-order valence-electron chi connectivity index (χ0n) is 8.75. The van der Waals surface area contributed by atoms with Crippen molar-refractivity contribution in [3.8, 4) is 0 Å². The van der Waals surface area contributed by atoms with E-state index in [4.69, 9.17) is 5.73 Å². The van der Waals surface area contributed by atoms with Crippen LogP contribution in [-0.2, 0) is 4.79 Å². The summed E-state index contributed by atoms with van der Waals surface area (Å²) in [6, 6.07) is 0.356. The Kier molecular flexibility index (Phi) is 7.09. The molecule has 78 valence electrons. The predicted molar refractivity (Wildman–Crippen MR) is 58.9 cm³/mol. The van der Waals surface area contributed by atoms with E-state index < -0.39 is 0 Å². The average molecular weight is 204 g/mol. The Hall–Kier alpha value is -0.220. The van der Waals surface area contributed by atoms with Gasteiger partial charge in [0.1, 0.15) is 0 Å². The van der Waals surface area contributed by atoms with Crippen LogP contribution in [0.5, 0.6) is 0 Å². The number of rotatable bonds is 6. The van der Waals surface area contributed by atoms with Crippen molar-refractivity contribution < 1.29 is 4.79 Å². The molecule has 0 aliphatic carbocycles. The SMILES string of the molecule is CCC(CSC)N(C)C(=O)CCN. The summed E-state index contributed by atoms with van der Waals surface area (Å²) >= 11 is 1.77. The highest BCUT2D eigenvalue weighted by Crippen LogP contribution is 2.09. The molecule has 4 heteroatoms. The quantitative estimate of drug-likeness (QED) is 0.700. The molecule has 0 aliphatic rings. The van der Waals surface area contributed by atoms with E-state index in [1.807, 2.05) is 11.9 Å². The third kappa shape index (κ3) is 4.52. The second kappa shape index (κ2) is 7.21. The van der Waals surface area contributed by atoms with Gasteiger partial charge < -0.3 is 10.6 Å². The van der Waals surface area contributed by atoms with Crippen LogP contribution in [0, 0.1) is 0 Å². The van der Waals surface area contributed by atoms with Gasteiger partial charge in [-0.2, -0.15) is 11.8 Å². The highest BCUT2D eigenvalue weighted by Gasteiger charge is 2.16. The first-order chi connectivity index (χ1) is 6.17. The molecule has 0 aromatic rings. The molecular formula is C9H20N2OS. The van der Waals surface area contributed by atoms with Crippen LogP contribution in [0.1, 0.15) is 19.8 Å². The molecule has 3 nitrogen and oxygen atoms in total. The van der Waals surface area contributed by atoms with E-state index in [1.54, 1.807) is 11.8 Å². The van der Waals surface area contributed by atoms with Crippen LogP contribution in [-0.4, -0.2) is 42.4 Å². The number of thioether (sulfide) groups is 1. The molecule has 1 amide bonds. The van der Waals surface area contributed by atoms with Crippen molar-refractivity contribution in [2.24, 2.45) is 5.73 Å². The topological polar surface area (TPSA) is 46.3 Å². The van der Waals surface area contributed by atoms with Crippen molar-refractivity contribution in [2.45, 2.75) is 25.8 Å². The van der Waals surface area contributed by atoms with Crippen molar-refractivity contribution in [1.29, 1.82) is 0 Å². The van der Waals surface area contributed by atoms with E-state index in [-0.39, 0.29) is 5.91 Å². The van der Waals surface area contributed by atoms with Crippen molar-refractivity contribution in [3.63, 3.8) is 0 Å². The lowest BCUT2D eigenvalue weighted by Crippen LogP contribution is -2.39. The molecule has 0 heterocycles. The first kappa shape index (κ1) is 12.8. The fraction of sp³-hybridized carbons (Fsp3) is 0.889. The fourth-order valence-corrected chi connectivity index (χ4v) is 2.04. The maximum absolute atomic E-state index is 11.5. The summed E-state index contributed by atoms with van der Waals surface area (Å²) in [6.45, 7) is 2.55. The Labute approximate surface area is 85.0 Å². The molecular weight excluding hydrogens is 184 g/mol. The standard InChI is InChI=1S/C9H20N2OS/c1-4-8(7-13-3)11(2)9(12)5-6-10/h8H,4-7,10H2,1-3H3. The Morgan fingerprint density at radius 2 is 2.23 bits per heavy atom. The molecule has 0 radical (unpaired) electrons. The van der Waals surface area contributed by atoms with Crippen LogP contribution >= 0.6 is 11.8 Å². The molecule has 0 fully saturated rings. The van der Waals surface area contributed by atoms with Crippen LogP contribution in [0.15, 0.2) is 0 Å². The van der Waals surface area contributed by atoms with Crippen molar-refractivity contribution >= 4 is 17.7 Å². The lowest BCUT2D eigenvalue weighted by Gasteiger charge is -2.26. The largest absolute Gasteiger partial charge is 0.342 e. The summed E-state index contributed by atoms with van der Waals surface area (Å²) in [5.74, 6) is 1.16. The van der Waals surface area contributed by atoms with E-state index in [0.29, 0.717) is 19.0 Å². The first-order valence-corrected chi connectivity index (χ1v) is 6.01. The molecule has 13 heavy (non-hydrogen) atoms. The fourth-order valence-electron chi connectivity index (χ4n) is 1.20. The Morgan fingerprint density at radius 3 is 2.62 bits per heavy atom. The summed E-state index contributed by atoms with van der Waals surface area (Å²) < 4.78 is 0. The second-order valence-corrected chi connectivity index (χ2v) is 3.97. The molecule has 2 N–H and O–H groups in total. The van der Waals surface area contributed by atoms with Gasteiger partial charge in [0, 0.05) is 31.8 Å². The maximum Gasteiger partial charge on any atom is 0.223 e. The van der Waals surface area contributed by atoms with E-state index in [0.717, 1.165) is 12.2 Å². The van der Waals surface area contributed by atoms with Crippen LogP contribution in [0.2, 0.25) is 0 Å². The van der Waals surface area contributed by atoms with Crippen LogP contribution in [0.3, 0.4) is 0 Å². The van der Waals surface area contributed by atoms with Gasteiger partial charge >= 0.3 is 0 Å². The van der Waals surface area contributed by atoms with Gasteiger partial charge in [0.05, 0.1) is 0 Å². The van der Waals surface area contributed by atoms with E-state index in [2.05, 4.69) is 13.2 Å². The van der Waals surface area contributed by atoms with Crippen LogP contribution in [0.25, 0.3) is 0 Å². The molecule has 0 saturated heterocycles. The number of carbonyl (C=O) groups is 1. The minimum atomic E-state index is 0.156. The molecule has 0 aromatic carbocycles. The van der Waals surface area contributed by atoms with E-state index >= 15 is 0 Å². The van der Waals surface area contributed by atoms with Gasteiger partial charge in [-0.05, 0) is 12.7 Å². The lowest BCUT2D eigenvalue weighted by atomic mass is 10.2. The molecule has 0 spiro atoms. The smallest absolute Gasteiger partial charge is 0.223 e. The molecule has 0 rings (SSSR count). The van der Waals surface area contributed by atoms with Crippen molar-refractivity contribution in [1.82, 2.24) is 4.90 Å². The predicted octanol–water partition coefficient (Wildman–Crippen LogP) is 0.935. The van der Waals surface area contributed by atoms with Crippen LogP contribution in [0.4, 0.5) is 0 Å². The van der Waals surface area contributed by atoms with Gasteiger partial charge in [0.15, 0.2) is 0 Å². The lowest BCUT2D eigenvalue weighted by molar-refractivity contribution is -0.131. The number of carbonyl (C=O) groups excluding carboxylic acids is 1. The van der Waals surface area contributed by atoms with Gasteiger partial charge in [-0.15, -0.1) is 0 Å². The molecule has 1 atom stereocenters. The highest BCUT2D eigenvalue weighted by atomic mass is 32.2. The number of nitrogens with zero attached hydrogens (tertiary/aromatic N) is 1. The molecule has 0 saturated carbocycles. The highest BCUT2D eigenvalue weighted by molar-refractivity contribution is 7.98. The maximum atomic E-state index is 11.5. The number of hydrogen-bond acceptors (Lipinski definition) is 3. The summed E-state index contributed by atoms with van der Waals surface area (Å²) in [7, 11) is 1.86.